The van der Waals surface area contributed by atoms with Crippen molar-refractivity contribution in [1.29, 1.82) is 0 Å². The maximum absolute atomic E-state index is 13.8. The summed E-state index contributed by atoms with van der Waals surface area (Å²) in [7, 11) is 0. The number of carbonyl (C=O) groups is 1. The van der Waals surface area contributed by atoms with Gasteiger partial charge in [0.25, 0.3) is 0 Å². The maximum atomic E-state index is 13.8. The summed E-state index contributed by atoms with van der Waals surface area (Å²) in [5, 5.41) is 0. The highest BCUT2D eigenvalue weighted by atomic mass is 19.1. The lowest BCUT2D eigenvalue weighted by atomic mass is 10.1. The van der Waals surface area contributed by atoms with Crippen LogP contribution in [0, 0.1) is 11.6 Å². The van der Waals surface area contributed by atoms with E-state index in [1.54, 1.807) is 11.2 Å². The van der Waals surface area contributed by atoms with Gasteiger partial charge in [-0.05, 0) is 18.9 Å². The van der Waals surface area contributed by atoms with E-state index in [1.807, 2.05) is 11.0 Å². The third-order valence-electron chi connectivity index (χ3n) is 4.69. The lowest BCUT2D eigenvalue weighted by Crippen LogP contribution is -2.50. The van der Waals surface area contributed by atoms with Gasteiger partial charge in [-0.25, -0.2) is 18.7 Å². The van der Waals surface area contributed by atoms with Crippen molar-refractivity contribution >= 4 is 11.7 Å². The highest BCUT2D eigenvalue weighted by molar-refractivity contribution is 5.82. The monoisotopic (exact) mass is 344 g/mol. The molecule has 2 aromatic rings. The lowest BCUT2D eigenvalue weighted by molar-refractivity contribution is -0.131. The van der Waals surface area contributed by atoms with Crippen LogP contribution in [0.3, 0.4) is 0 Å². The molecule has 0 unspecified atom stereocenters. The number of anilines is 1. The summed E-state index contributed by atoms with van der Waals surface area (Å²) < 4.78 is 26.8. The van der Waals surface area contributed by atoms with Crippen LogP contribution in [-0.2, 0) is 11.3 Å². The highest BCUT2D eigenvalue weighted by Gasteiger charge is 2.28. The van der Waals surface area contributed by atoms with E-state index in [-0.39, 0.29) is 19.0 Å². The van der Waals surface area contributed by atoms with Crippen LogP contribution >= 0.6 is 0 Å². The molecule has 1 aliphatic heterocycles. The van der Waals surface area contributed by atoms with Crippen LogP contribution in [0.2, 0.25) is 0 Å². The number of amides is 1. The molecular formula is C18H18F2N4O. The van der Waals surface area contributed by atoms with Crippen LogP contribution in [0.4, 0.5) is 14.6 Å². The molecule has 2 fully saturated rings. The lowest BCUT2D eigenvalue weighted by Gasteiger charge is -2.35. The standard InChI is InChI=1S/C18H18F2N4O/c19-14-4-3-13(15(20)7-14)9-24-6-5-23(10-18(24)25)17-8-16(12-1-2-12)21-11-22-17/h3-4,7-8,11-12H,1-2,5-6,9-10H2. The molecule has 1 amide bonds. The maximum Gasteiger partial charge on any atom is 0.242 e. The number of benzene rings is 1. The van der Waals surface area contributed by atoms with E-state index in [4.69, 9.17) is 0 Å². The van der Waals surface area contributed by atoms with Crippen LogP contribution in [0.1, 0.15) is 30.0 Å². The van der Waals surface area contributed by atoms with Gasteiger partial charge in [0, 0.05) is 48.9 Å². The van der Waals surface area contributed by atoms with E-state index in [0.29, 0.717) is 24.6 Å². The van der Waals surface area contributed by atoms with Crippen molar-refractivity contribution in [3.05, 3.63) is 53.5 Å². The number of hydrogen-bond acceptors (Lipinski definition) is 4. The molecule has 1 aromatic carbocycles. The first-order valence-corrected chi connectivity index (χ1v) is 8.39. The summed E-state index contributed by atoms with van der Waals surface area (Å²) in [6.45, 7) is 1.44. The fourth-order valence-electron chi connectivity index (χ4n) is 3.06. The third-order valence-corrected chi connectivity index (χ3v) is 4.69. The van der Waals surface area contributed by atoms with E-state index in [9.17, 15) is 13.6 Å². The molecule has 1 saturated heterocycles. The number of rotatable bonds is 4. The smallest absolute Gasteiger partial charge is 0.242 e. The fourth-order valence-corrected chi connectivity index (χ4v) is 3.06. The molecule has 1 saturated carbocycles. The van der Waals surface area contributed by atoms with Gasteiger partial charge >= 0.3 is 0 Å². The molecule has 5 nitrogen and oxygen atoms in total. The molecule has 2 heterocycles. The average molecular weight is 344 g/mol. The van der Waals surface area contributed by atoms with Gasteiger partial charge in [-0.2, -0.15) is 0 Å². The number of hydrogen-bond donors (Lipinski definition) is 0. The zero-order chi connectivity index (χ0) is 17.4. The van der Waals surface area contributed by atoms with Crippen LogP contribution in [0.25, 0.3) is 0 Å². The Morgan fingerprint density at radius 1 is 1.12 bits per heavy atom. The zero-order valence-corrected chi connectivity index (χ0v) is 13.7. The normalized spacial score (nSPS) is 17.9. The van der Waals surface area contributed by atoms with Crippen molar-refractivity contribution in [1.82, 2.24) is 14.9 Å². The highest BCUT2D eigenvalue weighted by Crippen LogP contribution is 2.39. The van der Waals surface area contributed by atoms with E-state index in [0.717, 1.165) is 30.4 Å². The van der Waals surface area contributed by atoms with Crippen LogP contribution in [0.15, 0.2) is 30.6 Å². The second-order valence-corrected chi connectivity index (χ2v) is 6.55. The predicted molar refractivity (Wildman–Crippen MR) is 88.0 cm³/mol. The summed E-state index contributed by atoms with van der Waals surface area (Å²) in [6, 6.07) is 5.40. The summed E-state index contributed by atoms with van der Waals surface area (Å²) in [5.41, 5.74) is 1.36. The van der Waals surface area contributed by atoms with Crippen molar-refractivity contribution in [2.75, 3.05) is 24.5 Å². The Morgan fingerprint density at radius 2 is 1.96 bits per heavy atom. The van der Waals surface area contributed by atoms with E-state index >= 15 is 0 Å². The quantitative estimate of drug-likeness (QED) is 0.855. The van der Waals surface area contributed by atoms with Crippen molar-refractivity contribution < 1.29 is 13.6 Å². The van der Waals surface area contributed by atoms with Crippen molar-refractivity contribution in [2.24, 2.45) is 0 Å². The summed E-state index contributed by atoms with van der Waals surface area (Å²) >= 11 is 0. The van der Waals surface area contributed by atoms with Gasteiger partial charge in [-0.15, -0.1) is 0 Å². The minimum Gasteiger partial charge on any atom is -0.345 e. The van der Waals surface area contributed by atoms with Gasteiger partial charge in [0.1, 0.15) is 23.8 Å². The van der Waals surface area contributed by atoms with Gasteiger partial charge in [0.05, 0.1) is 6.54 Å². The molecule has 0 spiro atoms. The SMILES string of the molecule is O=C1CN(c2cc(C3CC3)ncn2)CCN1Cc1ccc(F)cc1F. The molecular weight excluding hydrogens is 326 g/mol. The minimum absolute atomic E-state index is 0.0958. The van der Waals surface area contributed by atoms with Gasteiger partial charge in [-0.1, -0.05) is 6.07 Å². The Balaban J connectivity index is 1.43. The largest absolute Gasteiger partial charge is 0.345 e. The topological polar surface area (TPSA) is 49.3 Å². The second kappa shape index (κ2) is 6.38. The number of nitrogens with zero attached hydrogens (tertiary/aromatic N) is 4. The minimum atomic E-state index is -0.625. The molecule has 1 aliphatic carbocycles. The van der Waals surface area contributed by atoms with E-state index < -0.39 is 11.6 Å². The number of halogens is 2. The fraction of sp³-hybridized carbons (Fsp3) is 0.389. The first kappa shape index (κ1) is 15.9. The van der Waals surface area contributed by atoms with Crippen LogP contribution in [0.5, 0.6) is 0 Å². The molecule has 4 rings (SSSR count). The Labute approximate surface area is 144 Å². The Morgan fingerprint density at radius 3 is 2.68 bits per heavy atom. The van der Waals surface area contributed by atoms with Crippen molar-refractivity contribution in [3.8, 4) is 0 Å². The van der Waals surface area contributed by atoms with Gasteiger partial charge in [0.2, 0.25) is 5.91 Å². The molecule has 0 N–H and O–H groups in total. The summed E-state index contributed by atoms with van der Waals surface area (Å²) in [6.07, 6.45) is 3.87. The van der Waals surface area contributed by atoms with E-state index in [2.05, 4.69) is 9.97 Å². The molecule has 0 bridgehead atoms. The number of aromatic nitrogens is 2. The number of carbonyl (C=O) groups excluding carboxylic acids is 1. The molecule has 7 heteroatoms. The molecule has 1 aromatic heterocycles. The average Bonchev–Trinajstić information content (AvgIpc) is 3.44. The van der Waals surface area contributed by atoms with E-state index in [1.165, 1.54) is 12.1 Å². The second-order valence-electron chi connectivity index (χ2n) is 6.55. The Bertz CT molecular complexity index is 809. The van der Waals surface area contributed by atoms with Crippen molar-refractivity contribution in [3.63, 3.8) is 0 Å². The summed E-state index contributed by atoms with van der Waals surface area (Å²) in [5.74, 6) is -0.0488. The van der Waals surface area contributed by atoms with Crippen LogP contribution in [-0.4, -0.2) is 40.4 Å². The zero-order valence-electron chi connectivity index (χ0n) is 13.7. The molecule has 2 aliphatic rings. The van der Waals surface area contributed by atoms with Gasteiger partial charge in [0.15, 0.2) is 0 Å². The molecule has 0 radical (unpaired) electrons. The van der Waals surface area contributed by atoms with Crippen LogP contribution < -0.4 is 4.90 Å². The van der Waals surface area contributed by atoms with Gasteiger partial charge < -0.3 is 9.80 Å². The van der Waals surface area contributed by atoms with Gasteiger partial charge in [-0.3, -0.25) is 4.79 Å². The Hall–Kier alpha value is -2.57. The molecule has 25 heavy (non-hydrogen) atoms. The third kappa shape index (κ3) is 3.45. The molecule has 130 valence electrons. The predicted octanol–water partition coefficient (Wildman–Crippen LogP) is 2.48. The number of piperazine rings is 1. The first-order chi connectivity index (χ1) is 12.1. The molecule has 0 atom stereocenters. The van der Waals surface area contributed by atoms with Crippen molar-refractivity contribution in [2.45, 2.75) is 25.3 Å². The first-order valence-electron chi connectivity index (χ1n) is 8.39. The summed E-state index contributed by atoms with van der Waals surface area (Å²) in [4.78, 5) is 24.5. The Kier molecular flexibility index (Phi) is 4.07.